The lowest BCUT2D eigenvalue weighted by Crippen LogP contribution is -2.30. The Bertz CT molecular complexity index is 975. The van der Waals surface area contributed by atoms with Crippen molar-refractivity contribution in [3.63, 3.8) is 0 Å². The molecule has 27 heavy (non-hydrogen) atoms. The van der Waals surface area contributed by atoms with Crippen molar-refractivity contribution in [2.45, 2.75) is 26.0 Å². The van der Waals surface area contributed by atoms with Crippen molar-refractivity contribution in [2.75, 3.05) is 4.90 Å². The number of para-hydroxylation sites is 1. The van der Waals surface area contributed by atoms with Gasteiger partial charge in [-0.3, -0.25) is 4.79 Å². The molecule has 0 saturated carbocycles. The van der Waals surface area contributed by atoms with Crippen LogP contribution in [0.25, 0.3) is 6.08 Å². The Morgan fingerprint density at radius 2 is 1.89 bits per heavy atom. The van der Waals surface area contributed by atoms with Gasteiger partial charge in [0.1, 0.15) is 11.4 Å². The highest BCUT2D eigenvalue weighted by Crippen LogP contribution is 2.32. The molecule has 0 spiro atoms. The zero-order chi connectivity index (χ0) is 18.9. The third-order valence-electron chi connectivity index (χ3n) is 4.50. The summed E-state index contributed by atoms with van der Waals surface area (Å²) in [4.78, 5) is 15.6. The molecule has 136 valence electrons. The Labute approximate surface area is 163 Å². The predicted octanol–water partition coefficient (Wildman–Crippen LogP) is 5.78. The number of nitrogens with zero attached hydrogens (tertiary/aromatic N) is 1. The summed E-state index contributed by atoms with van der Waals surface area (Å²) in [5.74, 6) is 0.893. The predicted molar refractivity (Wildman–Crippen MR) is 111 cm³/mol. The Morgan fingerprint density at radius 1 is 1.07 bits per heavy atom. The monoisotopic (exact) mass is 375 g/mol. The van der Waals surface area contributed by atoms with Gasteiger partial charge in [0.15, 0.2) is 0 Å². The van der Waals surface area contributed by atoms with Gasteiger partial charge in [0.2, 0.25) is 0 Å². The first-order chi connectivity index (χ1) is 13.0. The van der Waals surface area contributed by atoms with E-state index in [0.717, 1.165) is 27.4 Å². The summed E-state index contributed by atoms with van der Waals surface area (Å²) in [6.45, 7) is 4.58. The Hall–Kier alpha value is -2.85. The van der Waals surface area contributed by atoms with Crippen LogP contribution in [0.2, 0.25) is 0 Å². The van der Waals surface area contributed by atoms with Gasteiger partial charge >= 0.3 is 0 Å². The van der Waals surface area contributed by atoms with Crippen LogP contribution >= 0.6 is 11.3 Å². The van der Waals surface area contributed by atoms with E-state index in [1.807, 2.05) is 78.7 Å². The minimum Gasteiger partial charge on any atom is -0.483 e. The van der Waals surface area contributed by atoms with Crippen LogP contribution in [0, 0.1) is 0 Å². The molecule has 0 aliphatic carbocycles. The third-order valence-corrected chi connectivity index (χ3v) is 5.35. The number of carbonyl (C=O) groups is 1. The smallest absolute Gasteiger partial charge is 0.268 e. The molecule has 2 aromatic carbocycles. The van der Waals surface area contributed by atoms with E-state index in [1.54, 1.807) is 0 Å². The van der Waals surface area contributed by atoms with Crippen LogP contribution in [0.1, 0.15) is 34.6 Å². The molecule has 0 bridgehead atoms. The zero-order valence-corrected chi connectivity index (χ0v) is 16.2. The van der Waals surface area contributed by atoms with Gasteiger partial charge in [-0.15, -0.1) is 11.3 Å². The van der Waals surface area contributed by atoms with Crippen molar-refractivity contribution in [1.29, 1.82) is 0 Å². The lowest BCUT2D eigenvalue weighted by molar-refractivity contribution is 0.0989. The van der Waals surface area contributed by atoms with Gasteiger partial charge in [-0.2, -0.15) is 0 Å². The van der Waals surface area contributed by atoms with Gasteiger partial charge in [0.05, 0.1) is 11.4 Å². The number of hydrogen-bond donors (Lipinski definition) is 0. The molecule has 0 unspecified atom stereocenters. The molecule has 4 rings (SSSR count). The number of benzene rings is 2. The van der Waals surface area contributed by atoms with E-state index in [-0.39, 0.29) is 11.5 Å². The van der Waals surface area contributed by atoms with E-state index >= 15 is 0 Å². The molecule has 1 aromatic heterocycles. The maximum Gasteiger partial charge on any atom is 0.268 e. The third kappa shape index (κ3) is 3.81. The fourth-order valence-corrected chi connectivity index (χ4v) is 3.80. The maximum absolute atomic E-state index is 13.1. The molecule has 0 radical (unpaired) electrons. The largest absolute Gasteiger partial charge is 0.483 e. The van der Waals surface area contributed by atoms with E-state index in [9.17, 15) is 4.79 Å². The molecular formula is C23H21NO2S. The summed E-state index contributed by atoms with van der Waals surface area (Å²) in [5.41, 5.74) is 2.71. The Morgan fingerprint density at radius 3 is 2.63 bits per heavy atom. The van der Waals surface area contributed by atoms with Crippen molar-refractivity contribution in [2.24, 2.45) is 0 Å². The fourth-order valence-electron chi connectivity index (χ4n) is 3.13. The van der Waals surface area contributed by atoms with Crippen LogP contribution in [0.15, 0.2) is 72.1 Å². The van der Waals surface area contributed by atoms with E-state index in [0.29, 0.717) is 6.54 Å². The first-order valence-electron chi connectivity index (χ1n) is 8.93. The van der Waals surface area contributed by atoms with E-state index in [2.05, 4.69) is 18.2 Å². The van der Waals surface area contributed by atoms with Crippen LogP contribution in [0.3, 0.4) is 0 Å². The minimum absolute atomic E-state index is 0.0156. The highest BCUT2D eigenvalue weighted by molar-refractivity contribution is 7.12. The second kappa shape index (κ2) is 7.05. The summed E-state index contributed by atoms with van der Waals surface area (Å²) in [5, 5.41) is 1.93. The summed E-state index contributed by atoms with van der Waals surface area (Å²) in [6, 6.07) is 19.7. The summed E-state index contributed by atoms with van der Waals surface area (Å²) in [7, 11) is 0. The molecule has 1 amide bonds. The molecule has 0 saturated heterocycles. The number of fused-ring (bicyclic) bond motifs is 1. The van der Waals surface area contributed by atoms with Crippen molar-refractivity contribution in [3.05, 3.63) is 88.1 Å². The van der Waals surface area contributed by atoms with Crippen LogP contribution in [-0.4, -0.2) is 11.5 Å². The van der Waals surface area contributed by atoms with Crippen LogP contribution < -0.4 is 9.64 Å². The van der Waals surface area contributed by atoms with Gasteiger partial charge < -0.3 is 9.64 Å². The van der Waals surface area contributed by atoms with Crippen LogP contribution in [-0.2, 0) is 6.54 Å². The molecule has 0 atom stereocenters. The molecule has 0 N–H and O–H groups in total. The zero-order valence-electron chi connectivity index (χ0n) is 15.4. The standard InChI is InChI=1S/C23H21NO2S/c1-23(2)13-12-18-15-17(10-11-20(18)26-23)16-24(19-7-4-3-5-8-19)22(25)21-9-6-14-27-21/h3-15H,16H2,1-2H3. The fraction of sp³-hybridized carbons (Fsp3) is 0.174. The Balaban J connectivity index is 1.66. The van der Waals surface area contributed by atoms with Gasteiger partial charge in [-0.25, -0.2) is 0 Å². The average molecular weight is 375 g/mol. The number of hydrogen-bond acceptors (Lipinski definition) is 3. The highest BCUT2D eigenvalue weighted by atomic mass is 32.1. The van der Waals surface area contributed by atoms with Crippen LogP contribution in [0.4, 0.5) is 5.69 Å². The second-order valence-electron chi connectivity index (χ2n) is 7.12. The number of amides is 1. The van der Waals surface area contributed by atoms with Crippen molar-refractivity contribution < 1.29 is 9.53 Å². The second-order valence-corrected chi connectivity index (χ2v) is 8.06. The lowest BCUT2D eigenvalue weighted by atomic mass is 10.0. The number of ether oxygens (including phenoxy) is 1. The minimum atomic E-state index is -0.292. The van der Waals surface area contributed by atoms with Gasteiger partial charge in [-0.1, -0.05) is 36.4 Å². The van der Waals surface area contributed by atoms with Crippen molar-refractivity contribution in [1.82, 2.24) is 0 Å². The summed E-state index contributed by atoms with van der Waals surface area (Å²) < 4.78 is 6.00. The quantitative estimate of drug-likeness (QED) is 0.578. The molecule has 3 nitrogen and oxygen atoms in total. The topological polar surface area (TPSA) is 29.5 Å². The molecule has 1 aliphatic rings. The van der Waals surface area contributed by atoms with Gasteiger partial charge in [0.25, 0.3) is 5.91 Å². The normalized spacial score (nSPS) is 14.3. The molecule has 3 aromatic rings. The average Bonchev–Trinajstić information content (AvgIpc) is 3.20. The number of thiophene rings is 1. The van der Waals surface area contributed by atoms with Crippen LogP contribution in [0.5, 0.6) is 5.75 Å². The van der Waals surface area contributed by atoms with Gasteiger partial charge in [-0.05, 0) is 61.2 Å². The number of carbonyl (C=O) groups excluding carboxylic acids is 1. The summed E-state index contributed by atoms with van der Waals surface area (Å²) in [6.07, 6.45) is 4.15. The number of anilines is 1. The Kier molecular flexibility index (Phi) is 4.58. The molecule has 1 aliphatic heterocycles. The SMILES string of the molecule is CC1(C)C=Cc2cc(CN(C(=O)c3cccs3)c3ccccc3)ccc2O1. The van der Waals surface area contributed by atoms with E-state index < -0.39 is 0 Å². The number of rotatable bonds is 4. The summed E-state index contributed by atoms with van der Waals surface area (Å²) >= 11 is 1.46. The molecule has 0 fully saturated rings. The highest BCUT2D eigenvalue weighted by Gasteiger charge is 2.23. The molecule has 2 heterocycles. The first-order valence-corrected chi connectivity index (χ1v) is 9.81. The van der Waals surface area contributed by atoms with Crippen molar-refractivity contribution in [3.8, 4) is 5.75 Å². The first kappa shape index (κ1) is 17.6. The van der Waals surface area contributed by atoms with Gasteiger partial charge in [0, 0.05) is 11.3 Å². The van der Waals surface area contributed by atoms with Crippen molar-refractivity contribution >= 4 is 29.0 Å². The van der Waals surface area contributed by atoms with E-state index in [4.69, 9.17) is 4.74 Å². The maximum atomic E-state index is 13.1. The lowest BCUT2D eigenvalue weighted by Gasteiger charge is -2.28. The molecule has 4 heteroatoms. The van der Waals surface area contributed by atoms with E-state index in [1.165, 1.54) is 11.3 Å². The molecular weight excluding hydrogens is 354 g/mol.